The minimum atomic E-state index is -1.63. The standard InChI is InChI=1S/2C9H13.2C5H5.2C2H6Si.2ClH.2Hf/c2*1-3-8-6-5-7-9(8)4-2;2*1-2-4-5-3-1;2*1-3-2;;;;/h2*6H,3-4,7H2,1-2H3;2*1-3H,4H2;2*1-2H3;2*1H;;. The Kier molecular flexibility index (Phi) is 17.6. The molecule has 4 rings (SSSR count). The molecular formula is C32H50Cl2Hf2Si2. The molecule has 0 aromatic carbocycles. The van der Waals surface area contributed by atoms with Crippen molar-refractivity contribution in [1.82, 2.24) is 0 Å². The van der Waals surface area contributed by atoms with Gasteiger partial charge in [-0.2, -0.15) is 0 Å². The number of rotatable bonds is 8. The molecule has 0 aromatic heterocycles. The Morgan fingerprint density at radius 3 is 1.16 bits per heavy atom. The fourth-order valence-electron chi connectivity index (χ4n) is 6.11. The fraction of sp³-hybridized carbons (Fsp3) is 0.500. The molecule has 0 saturated heterocycles. The van der Waals surface area contributed by atoms with Gasteiger partial charge in [0, 0.05) is 0 Å². The van der Waals surface area contributed by atoms with Crippen LogP contribution in [0.2, 0.25) is 26.2 Å². The fourth-order valence-corrected chi connectivity index (χ4v) is 54.3. The molecular weight excluding hydrogens is 868 g/mol. The van der Waals surface area contributed by atoms with Crippen molar-refractivity contribution in [2.45, 2.75) is 105 Å². The Morgan fingerprint density at radius 2 is 0.947 bits per heavy atom. The van der Waals surface area contributed by atoms with Gasteiger partial charge in [-0.1, -0.05) is 0 Å². The van der Waals surface area contributed by atoms with E-state index >= 15 is 0 Å². The molecule has 0 atom stereocenters. The van der Waals surface area contributed by atoms with Gasteiger partial charge in [0.2, 0.25) is 0 Å². The van der Waals surface area contributed by atoms with Gasteiger partial charge < -0.3 is 0 Å². The molecule has 4 aliphatic rings. The zero-order chi connectivity index (χ0) is 26.2. The Morgan fingerprint density at radius 1 is 0.579 bits per heavy atom. The quantitative estimate of drug-likeness (QED) is 0.213. The Hall–Kier alpha value is 0.674. The average Bonchev–Trinajstić information content (AvgIpc) is 3.66. The van der Waals surface area contributed by atoms with E-state index in [1.165, 1.54) is 51.4 Å². The molecule has 0 amide bonds. The zero-order valence-electron chi connectivity index (χ0n) is 25.1. The number of allylic oxidation sites excluding steroid dienone is 16. The Balaban J connectivity index is 0.000000361. The van der Waals surface area contributed by atoms with Crippen LogP contribution in [0, 0.1) is 0 Å². The predicted octanol–water partition coefficient (Wildman–Crippen LogP) is 11.1. The first kappa shape index (κ1) is 36.7. The minimum Gasteiger partial charge on any atom is -0.147 e. The predicted molar refractivity (Wildman–Crippen MR) is 174 cm³/mol. The van der Waals surface area contributed by atoms with Crippen LogP contribution in [0.5, 0.6) is 0 Å². The second-order valence-corrected chi connectivity index (χ2v) is 59.1. The molecule has 0 saturated carbocycles. The minimum absolute atomic E-state index is 0. The van der Waals surface area contributed by atoms with Crippen LogP contribution in [0.25, 0.3) is 0 Å². The first-order valence-corrected chi connectivity index (χ1v) is 37.2. The van der Waals surface area contributed by atoms with Gasteiger partial charge in [-0.3, -0.25) is 0 Å². The molecule has 4 aliphatic carbocycles. The van der Waals surface area contributed by atoms with Gasteiger partial charge in [0.05, 0.1) is 0 Å². The summed E-state index contributed by atoms with van der Waals surface area (Å²) in [6.07, 6.45) is 29.7. The summed E-state index contributed by atoms with van der Waals surface area (Å²) in [5, 5.41) is 0. The van der Waals surface area contributed by atoms with E-state index in [1.807, 2.05) is 13.3 Å². The van der Waals surface area contributed by atoms with E-state index in [4.69, 9.17) is 0 Å². The molecule has 0 aliphatic heterocycles. The summed E-state index contributed by atoms with van der Waals surface area (Å²) >= 11 is -3.25. The molecule has 0 nitrogen and oxygen atoms in total. The summed E-state index contributed by atoms with van der Waals surface area (Å²) in [6.45, 7) is 19.5. The third-order valence-corrected chi connectivity index (χ3v) is 56.1. The Bertz CT molecular complexity index is 1100. The zero-order valence-corrected chi connectivity index (χ0v) is 35.9. The largest absolute Gasteiger partial charge is 0.147 e. The smallest absolute Gasteiger partial charge is 0.147 e. The summed E-state index contributed by atoms with van der Waals surface area (Å²) in [7, 11) is 0. The van der Waals surface area contributed by atoms with Crippen molar-refractivity contribution in [2.24, 2.45) is 0 Å². The van der Waals surface area contributed by atoms with Crippen molar-refractivity contribution < 1.29 is 40.1 Å². The van der Waals surface area contributed by atoms with E-state index in [0.717, 1.165) is 0 Å². The maximum Gasteiger partial charge on any atom is -0.147 e. The average molecular weight is 919 g/mol. The normalized spacial score (nSPS) is 17.3. The molecule has 0 N–H and O–H groups in total. The molecule has 0 heterocycles. The third kappa shape index (κ3) is 9.34. The van der Waals surface area contributed by atoms with Gasteiger partial charge in [-0.15, -0.1) is 24.8 Å². The number of hydrogen-bond donors (Lipinski definition) is 0. The van der Waals surface area contributed by atoms with E-state index in [1.54, 1.807) is 22.3 Å². The number of hydrogen-bond acceptors (Lipinski definition) is 0. The topological polar surface area (TPSA) is 0 Å². The molecule has 0 spiro atoms. The molecule has 208 valence electrons. The molecule has 0 unspecified atom stereocenters. The van der Waals surface area contributed by atoms with Crippen molar-refractivity contribution in [3.8, 4) is 0 Å². The van der Waals surface area contributed by atoms with E-state index in [9.17, 15) is 0 Å². The third-order valence-electron chi connectivity index (χ3n) is 7.86. The van der Waals surface area contributed by atoms with Crippen LogP contribution in [-0.4, -0.2) is 11.0 Å². The van der Waals surface area contributed by atoms with Gasteiger partial charge in [0.15, 0.2) is 0 Å². The van der Waals surface area contributed by atoms with Crippen LogP contribution >= 0.6 is 24.8 Å². The Labute approximate surface area is 262 Å². The summed E-state index contributed by atoms with van der Waals surface area (Å²) in [6, 6.07) is 0. The van der Waals surface area contributed by atoms with Crippen LogP contribution in [0.15, 0.2) is 84.2 Å². The van der Waals surface area contributed by atoms with Crippen LogP contribution in [0.4, 0.5) is 0 Å². The summed E-state index contributed by atoms with van der Waals surface area (Å²) in [5.41, 5.74) is 6.64. The van der Waals surface area contributed by atoms with Crippen LogP contribution in [-0.2, 0) is 40.1 Å². The maximum absolute atomic E-state index is 2.62. The van der Waals surface area contributed by atoms with Crippen LogP contribution in [0.1, 0.15) is 79.1 Å². The summed E-state index contributed by atoms with van der Waals surface area (Å²) < 4.78 is 7.58. The van der Waals surface area contributed by atoms with Crippen molar-refractivity contribution in [1.29, 1.82) is 0 Å². The van der Waals surface area contributed by atoms with E-state index in [2.05, 4.69) is 102 Å². The SMILES string of the molecule is CCC1=C(CC)C[C]([Hf]([C]2=CC=CC2)=[Si](C)C)=C1.CCC1=C(CC)C[C]([Hf]([C]2=CC=CC2)=[Si](C)C)=C1.Cl.Cl. The molecule has 0 aromatic rings. The van der Waals surface area contributed by atoms with E-state index in [-0.39, 0.29) is 35.8 Å². The first-order chi connectivity index (χ1) is 17.3. The monoisotopic (exact) mass is 920 g/mol. The molecule has 6 heteroatoms. The van der Waals surface area contributed by atoms with Crippen molar-refractivity contribution in [3.05, 3.63) is 84.2 Å². The van der Waals surface area contributed by atoms with Crippen LogP contribution < -0.4 is 0 Å². The molecule has 38 heavy (non-hydrogen) atoms. The molecule has 0 radical (unpaired) electrons. The maximum atomic E-state index is 2.62. The van der Waals surface area contributed by atoms with Crippen molar-refractivity contribution >= 4 is 35.8 Å². The first-order valence-electron chi connectivity index (χ1n) is 14.2. The van der Waals surface area contributed by atoms with Gasteiger partial charge in [0.1, 0.15) is 0 Å². The van der Waals surface area contributed by atoms with Gasteiger partial charge >= 0.3 is 241 Å². The van der Waals surface area contributed by atoms with Crippen LogP contribution in [0.3, 0.4) is 0 Å². The van der Waals surface area contributed by atoms with E-state index < -0.39 is 40.1 Å². The van der Waals surface area contributed by atoms with Gasteiger partial charge in [-0.25, -0.2) is 0 Å². The van der Waals surface area contributed by atoms with Gasteiger partial charge in [0.25, 0.3) is 0 Å². The van der Waals surface area contributed by atoms with Crippen molar-refractivity contribution in [2.75, 3.05) is 0 Å². The van der Waals surface area contributed by atoms with Gasteiger partial charge in [-0.05, 0) is 0 Å². The van der Waals surface area contributed by atoms with Crippen molar-refractivity contribution in [3.63, 3.8) is 0 Å². The van der Waals surface area contributed by atoms with E-state index in [0.29, 0.717) is 0 Å². The second kappa shape index (κ2) is 18.3. The molecule has 0 bridgehead atoms. The number of halogens is 2. The summed E-state index contributed by atoms with van der Waals surface area (Å²) in [4.78, 5) is 0. The second-order valence-electron chi connectivity index (χ2n) is 10.8. The molecule has 0 fully saturated rings. The summed E-state index contributed by atoms with van der Waals surface area (Å²) in [5.74, 6) is 0.